The Morgan fingerprint density at radius 3 is 2.53 bits per heavy atom. The van der Waals surface area contributed by atoms with Gasteiger partial charge in [0.15, 0.2) is 0 Å². The van der Waals surface area contributed by atoms with E-state index in [0.29, 0.717) is 12.3 Å². The number of nitrogens with two attached hydrogens (primary N) is 1. The first-order chi connectivity index (χ1) is 7.04. The Morgan fingerprint density at radius 1 is 1.47 bits per heavy atom. The van der Waals surface area contributed by atoms with Crippen molar-refractivity contribution in [2.24, 2.45) is 5.73 Å². The molecule has 1 aliphatic rings. The lowest BCUT2D eigenvalue weighted by atomic mass is 10.0. The number of hydrogen-bond acceptors (Lipinski definition) is 3. The van der Waals surface area contributed by atoms with Crippen LogP contribution in [0.2, 0.25) is 0 Å². The maximum atomic E-state index is 12.0. The fourth-order valence-electron chi connectivity index (χ4n) is 2.14. The van der Waals surface area contributed by atoms with Gasteiger partial charge < -0.3 is 5.73 Å². The van der Waals surface area contributed by atoms with Gasteiger partial charge in [-0.1, -0.05) is 13.8 Å². The zero-order chi connectivity index (χ0) is 11.5. The molecule has 1 amide bonds. The van der Waals surface area contributed by atoms with E-state index in [1.807, 2.05) is 4.90 Å². The van der Waals surface area contributed by atoms with E-state index < -0.39 is 10.8 Å². The van der Waals surface area contributed by atoms with Crippen LogP contribution < -0.4 is 5.73 Å². The minimum Gasteiger partial charge on any atom is -0.369 e. The topological polar surface area (TPSA) is 63.4 Å². The highest BCUT2D eigenvalue weighted by Crippen LogP contribution is 2.28. The van der Waals surface area contributed by atoms with Crippen molar-refractivity contribution in [1.29, 1.82) is 0 Å². The number of amides is 1. The van der Waals surface area contributed by atoms with Crippen molar-refractivity contribution in [2.75, 3.05) is 25.4 Å². The molecule has 0 aromatic rings. The van der Waals surface area contributed by atoms with Crippen molar-refractivity contribution in [3.63, 3.8) is 0 Å². The summed E-state index contributed by atoms with van der Waals surface area (Å²) in [6.07, 6.45) is 1.79. The number of hydrogen-bond donors (Lipinski definition) is 1. The summed E-state index contributed by atoms with van der Waals surface area (Å²) in [5, 5.41) is 0. The lowest BCUT2D eigenvalue weighted by Gasteiger charge is -2.40. The summed E-state index contributed by atoms with van der Waals surface area (Å²) < 4.78 is 11.8. The van der Waals surface area contributed by atoms with Gasteiger partial charge >= 0.3 is 0 Å². The SMILES string of the molecule is CCC1(CC)CN(CC(N)=O)CC[S@]1=O. The summed E-state index contributed by atoms with van der Waals surface area (Å²) in [6.45, 7) is 5.87. The maximum absolute atomic E-state index is 12.0. The number of carbonyl (C=O) groups excluding carboxylic acids is 1. The molecule has 0 saturated carbocycles. The summed E-state index contributed by atoms with van der Waals surface area (Å²) in [5.41, 5.74) is 5.17. The molecule has 0 radical (unpaired) electrons. The normalized spacial score (nSPS) is 26.4. The second kappa shape index (κ2) is 5.07. The van der Waals surface area contributed by atoms with E-state index in [0.717, 1.165) is 25.9 Å². The quantitative estimate of drug-likeness (QED) is 0.747. The Morgan fingerprint density at radius 2 is 2.07 bits per heavy atom. The lowest BCUT2D eigenvalue weighted by molar-refractivity contribution is -0.119. The van der Waals surface area contributed by atoms with Gasteiger partial charge in [0.25, 0.3) is 0 Å². The molecule has 5 heteroatoms. The van der Waals surface area contributed by atoms with Gasteiger partial charge in [0.1, 0.15) is 0 Å². The molecule has 1 heterocycles. The average molecular weight is 232 g/mol. The van der Waals surface area contributed by atoms with E-state index in [1.165, 1.54) is 0 Å². The highest BCUT2D eigenvalue weighted by molar-refractivity contribution is 7.86. The second-order valence-electron chi connectivity index (χ2n) is 4.12. The minimum absolute atomic E-state index is 0.131. The third kappa shape index (κ3) is 2.78. The van der Waals surface area contributed by atoms with E-state index in [4.69, 9.17) is 5.73 Å². The van der Waals surface area contributed by atoms with Crippen LogP contribution in [0.5, 0.6) is 0 Å². The summed E-state index contributed by atoms with van der Waals surface area (Å²) >= 11 is 0. The molecule has 15 heavy (non-hydrogen) atoms. The Labute approximate surface area is 93.7 Å². The van der Waals surface area contributed by atoms with Gasteiger partial charge in [-0.05, 0) is 12.8 Å². The van der Waals surface area contributed by atoms with Gasteiger partial charge in [0, 0.05) is 29.6 Å². The third-order valence-corrected chi connectivity index (χ3v) is 5.48. The Balaban J connectivity index is 2.70. The van der Waals surface area contributed by atoms with Crippen molar-refractivity contribution >= 4 is 16.7 Å². The Kier molecular flexibility index (Phi) is 4.28. The Hall–Kier alpha value is -0.420. The number of primary amides is 1. The van der Waals surface area contributed by atoms with Gasteiger partial charge in [0.2, 0.25) is 5.91 Å². The molecule has 88 valence electrons. The Bertz CT molecular complexity index is 264. The van der Waals surface area contributed by atoms with Crippen LogP contribution in [0.4, 0.5) is 0 Å². The molecule has 1 atom stereocenters. The molecular weight excluding hydrogens is 212 g/mol. The van der Waals surface area contributed by atoms with Crippen LogP contribution >= 0.6 is 0 Å². The van der Waals surface area contributed by atoms with Crippen molar-refractivity contribution < 1.29 is 9.00 Å². The molecule has 0 bridgehead atoms. The number of rotatable bonds is 4. The number of carbonyl (C=O) groups is 1. The van der Waals surface area contributed by atoms with Gasteiger partial charge in [-0.15, -0.1) is 0 Å². The van der Waals surface area contributed by atoms with Gasteiger partial charge in [-0.3, -0.25) is 13.9 Å². The first-order valence-corrected chi connectivity index (χ1v) is 6.75. The van der Waals surface area contributed by atoms with Gasteiger partial charge in [0.05, 0.1) is 11.3 Å². The summed E-state index contributed by atoms with van der Waals surface area (Å²) in [6, 6.07) is 0. The second-order valence-corrected chi connectivity index (χ2v) is 6.08. The maximum Gasteiger partial charge on any atom is 0.231 e. The van der Waals surface area contributed by atoms with Crippen LogP contribution in [0.1, 0.15) is 26.7 Å². The zero-order valence-electron chi connectivity index (χ0n) is 9.49. The minimum atomic E-state index is -0.766. The van der Waals surface area contributed by atoms with Crippen LogP contribution in [-0.2, 0) is 15.6 Å². The zero-order valence-corrected chi connectivity index (χ0v) is 10.3. The fourth-order valence-corrected chi connectivity index (χ4v) is 3.97. The molecule has 0 unspecified atom stereocenters. The van der Waals surface area contributed by atoms with Crippen LogP contribution in [0.25, 0.3) is 0 Å². The van der Waals surface area contributed by atoms with E-state index in [-0.39, 0.29) is 10.7 Å². The average Bonchev–Trinajstić information content (AvgIpc) is 2.20. The van der Waals surface area contributed by atoms with Gasteiger partial charge in [-0.25, -0.2) is 0 Å². The highest BCUT2D eigenvalue weighted by atomic mass is 32.2. The monoisotopic (exact) mass is 232 g/mol. The van der Waals surface area contributed by atoms with E-state index in [9.17, 15) is 9.00 Å². The van der Waals surface area contributed by atoms with Crippen molar-refractivity contribution in [3.8, 4) is 0 Å². The molecule has 0 spiro atoms. The van der Waals surface area contributed by atoms with Crippen molar-refractivity contribution in [3.05, 3.63) is 0 Å². The van der Waals surface area contributed by atoms with Crippen LogP contribution in [0, 0.1) is 0 Å². The molecule has 1 aliphatic heterocycles. The van der Waals surface area contributed by atoms with E-state index >= 15 is 0 Å². The lowest BCUT2D eigenvalue weighted by Crippen LogP contribution is -2.54. The fraction of sp³-hybridized carbons (Fsp3) is 0.900. The molecule has 1 fully saturated rings. The number of nitrogens with zero attached hydrogens (tertiary/aromatic N) is 1. The highest BCUT2D eigenvalue weighted by Gasteiger charge is 2.38. The molecule has 1 saturated heterocycles. The standard InChI is InChI=1S/C10H20N2O2S/c1-3-10(4-2)8-12(7-9(11)13)5-6-15(10)14/h3-8H2,1-2H3,(H2,11,13)/t15-/m1/s1. The molecule has 2 N–H and O–H groups in total. The molecule has 4 nitrogen and oxygen atoms in total. The largest absolute Gasteiger partial charge is 0.369 e. The van der Waals surface area contributed by atoms with Crippen molar-refractivity contribution in [2.45, 2.75) is 31.4 Å². The van der Waals surface area contributed by atoms with Crippen molar-refractivity contribution in [1.82, 2.24) is 4.90 Å². The van der Waals surface area contributed by atoms with E-state index in [2.05, 4.69) is 13.8 Å². The summed E-state index contributed by atoms with van der Waals surface area (Å²) in [5.74, 6) is 0.360. The predicted octanol–water partition coefficient (Wildman–Crippen LogP) is 0.0948. The molecule has 0 aromatic carbocycles. The van der Waals surface area contributed by atoms with E-state index in [1.54, 1.807) is 0 Å². The third-order valence-electron chi connectivity index (χ3n) is 3.26. The predicted molar refractivity (Wildman–Crippen MR) is 62.0 cm³/mol. The molecule has 0 aromatic heterocycles. The van der Waals surface area contributed by atoms with Gasteiger partial charge in [-0.2, -0.15) is 0 Å². The van der Waals surface area contributed by atoms with Crippen LogP contribution in [0.3, 0.4) is 0 Å². The summed E-state index contributed by atoms with van der Waals surface area (Å²) in [4.78, 5) is 12.9. The first kappa shape index (κ1) is 12.6. The van der Waals surface area contributed by atoms with Crippen LogP contribution in [-0.4, -0.2) is 45.2 Å². The first-order valence-electron chi connectivity index (χ1n) is 5.43. The molecule has 1 rings (SSSR count). The summed E-state index contributed by atoms with van der Waals surface area (Å²) in [7, 11) is -0.766. The molecule has 0 aliphatic carbocycles. The molecular formula is C10H20N2O2S. The van der Waals surface area contributed by atoms with Crippen LogP contribution in [0.15, 0.2) is 0 Å². The smallest absolute Gasteiger partial charge is 0.231 e.